The van der Waals surface area contributed by atoms with E-state index in [1.54, 1.807) is 0 Å². The van der Waals surface area contributed by atoms with Crippen molar-refractivity contribution in [2.24, 2.45) is 5.92 Å². The van der Waals surface area contributed by atoms with Crippen LogP contribution in [0.25, 0.3) is 0 Å². The monoisotopic (exact) mass is 124 g/mol. The molecule has 0 saturated heterocycles. The van der Waals surface area contributed by atoms with Gasteiger partial charge < -0.3 is 1.43 Å². The van der Waals surface area contributed by atoms with Crippen LogP contribution in [0.15, 0.2) is 0 Å². The third-order valence-electron chi connectivity index (χ3n) is 1.64. The largest absolute Gasteiger partial charge is 1.00 e. The van der Waals surface area contributed by atoms with Gasteiger partial charge in [0.1, 0.15) is 0 Å². The van der Waals surface area contributed by atoms with Crippen molar-refractivity contribution in [3.05, 3.63) is 0 Å². The van der Waals surface area contributed by atoms with E-state index in [0.717, 1.165) is 5.92 Å². The third kappa shape index (κ3) is 3.25. The Labute approximate surface area is 90.0 Å². The first-order valence-corrected chi connectivity index (χ1v) is 2.89. The molecule has 0 spiro atoms. The summed E-state index contributed by atoms with van der Waals surface area (Å²) in [5.74, 6) is 1.05. The van der Waals surface area contributed by atoms with E-state index in [1.807, 2.05) is 0 Å². The van der Waals surface area contributed by atoms with E-state index in [1.165, 1.54) is 25.7 Å². The number of rotatable bonds is 0. The maximum Gasteiger partial charge on any atom is 1.00 e. The molecule has 0 N–H and O–H groups in total. The van der Waals surface area contributed by atoms with Crippen molar-refractivity contribution in [2.45, 2.75) is 32.6 Å². The average molecular weight is 124 g/mol. The van der Waals surface area contributed by atoms with Crippen LogP contribution < -0.4 is 51.4 Å². The summed E-state index contributed by atoms with van der Waals surface area (Å²) in [5.41, 5.74) is 0. The Hall–Kier alpha value is 1.64. The molecule has 7 heavy (non-hydrogen) atoms. The molecule has 38 valence electrons. The van der Waals surface area contributed by atoms with Crippen LogP contribution in [0.1, 0.15) is 34.0 Å². The Morgan fingerprint density at radius 1 is 1.29 bits per heavy atom. The van der Waals surface area contributed by atoms with Gasteiger partial charge >= 0.3 is 51.4 Å². The molecule has 1 heteroatoms. The fraction of sp³-hybridized carbons (Fsp3) is 1.00. The van der Waals surface area contributed by atoms with E-state index in [9.17, 15) is 0 Å². The minimum absolute atomic E-state index is 0. The topological polar surface area (TPSA) is 0 Å². The summed E-state index contributed by atoms with van der Waals surface area (Å²) in [4.78, 5) is 0. The second kappa shape index (κ2) is 4.51. The zero-order chi connectivity index (χ0) is 4.41. The van der Waals surface area contributed by atoms with Crippen LogP contribution in [0.5, 0.6) is 0 Å². The van der Waals surface area contributed by atoms with Crippen molar-refractivity contribution in [3.8, 4) is 0 Å². The van der Waals surface area contributed by atoms with Crippen LogP contribution in [-0.4, -0.2) is 0 Å². The SMILES string of the molecule is CC1CCCC1.[H-].[K+]. The standard InChI is InChI=1S/C6H12.K.H/c1-6-4-2-3-5-6;;/h6H,2-5H2,1H3;;/q;+1;-1. The van der Waals surface area contributed by atoms with Crippen LogP contribution in [0.4, 0.5) is 0 Å². The van der Waals surface area contributed by atoms with Crippen LogP contribution in [0, 0.1) is 5.92 Å². The Kier molecular flexibility index (Phi) is 5.56. The zero-order valence-corrected chi connectivity index (χ0v) is 8.53. The first kappa shape index (κ1) is 8.64. The first-order valence-electron chi connectivity index (χ1n) is 2.89. The third-order valence-corrected chi connectivity index (χ3v) is 1.64. The summed E-state index contributed by atoms with van der Waals surface area (Å²) >= 11 is 0. The molecule has 0 atom stereocenters. The summed E-state index contributed by atoms with van der Waals surface area (Å²) < 4.78 is 0. The fourth-order valence-electron chi connectivity index (χ4n) is 1.13. The molecule has 0 bridgehead atoms. The smallest absolute Gasteiger partial charge is 1.00 e. The summed E-state index contributed by atoms with van der Waals surface area (Å²) in [6.07, 6.45) is 5.95. The van der Waals surface area contributed by atoms with Crippen molar-refractivity contribution < 1.29 is 52.8 Å². The molecule has 1 aliphatic rings. The van der Waals surface area contributed by atoms with Crippen LogP contribution in [0.2, 0.25) is 0 Å². The van der Waals surface area contributed by atoms with Crippen molar-refractivity contribution >= 4 is 0 Å². The van der Waals surface area contributed by atoms with Gasteiger partial charge in [-0.2, -0.15) is 0 Å². The Balaban J connectivity index is 0. The summed E-state index contributed by atoms with van der Waals surface area (Å²) in [6.45, 7) is 2.34. The molecule has 0 amide bonds. The maximum atomic E-state index is 2.34. The molecule has 0 aromatic carbocycles. The van der Waals surface area contributed by atoms with Gasteiger partial charge in [0.15, 0.2) is 0 Å². The van der Waals surface area contributed by atoms with Crippen molar-refractivity contribution in [2.75, 3.05) is 0 Å². The molecular weight excluding hydrogens is 111 g/mol. The van der Waals surface area contributed by atoms with E-state index < -0.39 is 0 Å². The van der Waals surface area contributed by atoms with Crippen molar-refractivity contribution in [1.29, 1.82) is 0 Å². The predicted molar refractivity (Wildman–Crippen MR) is 28.7 cm³/mol. The Bertz CT molecular complexity index is 41.8. The van der Waals surface area contributed by atoms with Crippen molar-refractivity contribution in [1.82, 2.24) is 0 Å². The van der Waals surface area contributed by atoms with Gasteiger partial charge in [0.2, 0.25) is 0 Å². The van der Waals surface area contributed by atoms with E-state index in [0.29, 0.717) is 0 Å². The van der Waals surface area contributed by atoms with E-state index in [-0.39, 0.29) is 52.8 Å². The fourth-order valence-corrected chi connectivity index (χ4v) is 1.13. The number of hydrogen-bond acceptors (Lipinski definition) is 0. The van der Waals surface area contributed by atoms with Crippen LogP contribution in [-0.2, 0) is 0 Å². The molecule has 0 radical (unpaired) electrons. The predicted octanol–water partition coefficient (Wildman–Crippen LogP) is -0.687. The van der Waals surface area contributed by atoms with Gasteiger partial charge in [-0.15, -0.1) is 0 Å². The van der Waals surface area contributed by atoms with Gasteiger partial charge in [0.05, 0.1) is 0 Å². The summed E-state index contributed by atoms with van der Waals surface area (Å²) in [6, 6.07) is 0. The van der Waals surface area contributed by atoms with Crippen molar-refractivity contribution in [3.63, 3.8) is 0 Å². The zero-order valence-electron chi connectivity index (χ0n) is 6.41. The molecule has 1 saturated carbocycles. The number of hydrogen-bond donors (Lipinski definition) is 0. The summed E-state index contributed by atoms with van der Waals surface area (Å²) in [7, 11) is 0. The normalized spacial score (nSPS) is 21.9. The van der Waals surface area contributed by atoms with Gasteiger partial charge in [-0.3, -0.25) is 0 Å². The van der Waals surface area contributed by atoms with E-state index in [2.05, 4.69) is 6.92 Å². The maximum absolute atomic E-state index is 2.34. The second-order valence-electron chi connectivity index (χ2n) is 2.39. The Morgan fingerprint density at radius 3 is 1.86 bits per heavy atom. The van der Waals surface area contributed by atoms with Crippen LogP contribution >= 0.6 is 0 Å². The second-order valence-corrected chi connectivity index (χ2v) is 2.39. The molecule has 0 heterocycles. The molecule has 1 fully saturated rings. The molecule has 0 aromatic heterocycles. The molecule has 0 nitrogen and oxygen atoms in total. The molecular formula is C6H13K. The van der Waals surface area contributed by atoms with Crippen LogP contribution in [0.3, 0.4) is 0 Å². The minimum Gasteiger partial charge on any atom is -1.00 e. The summed E-state index contributed by atoms with van der Waals surface area (Å²) in [5, 5.41) is 0. The molecule has 0 aliphatic heterocycles. The van der Waals surface area contributed by atoms with Gasteiger partial charge in [-0.05, 0) is 5.92 Å². The first-order chi connectivity index (χ1) is 2.89. The van der Waals surface area contributed by atoms with Gasteiger partial charge in [0, 0.05) is 0 Å². The molecule has 0 unspecified atom stereocenters. The minimum atomic E-state index is 0. The Morgan fingerprint density at radius 2 is 1.71 bits per heavy atom. The molecule has 1 aliphatic carbocycles. The van der Waals surface area contributed by atoms with Gasteiger partial charge in [-0.25, -0.2) is 0 Å². The van der Waals surface area contributed by atoms with Gasteiger partial charge in [0.25, 0.3) is 0 Å². The average Bonchev–Trinajstić information content (AvgIpc) is 1.86. The van der Waals surface area contributed by atoms with E-state index in [4.69, 9.17) is 0 Å². The molecule has 1 rings (SSSR count). The quantitative estimate of drug-likeness (QED) is 0.375. The molecule has 0 aromatic rings. The van der Waals surface area contributed by atoms with Gasteiger partial charge in [-0.1, -0.05) is 32.6 Å². The van der Waals surface area contributed by atoms with E-state index >= 15 is 0 Å².